The highest BCUT2D eigenvalue weighted by molar-refractivity contribution is 7.26. The maximum absolute atomic E-state index is 2.41. The third kappa shape index (κ3) is 3.63. The molecule has 0 amide bonds. The summed E-state index contributed by atoms with van der Waals surface area (Å²) in [5.41, 5.74) is 7.69. The normalized spacial score (nSPS) is 11.9. The fraction of sp³-hybridized carbons (Fsp3) is 0. The zero-order valence-electron chi connectivity index (χ0n) is 21.9. The van der Waals surface area contributed by atoms with Gasteiger partial charge in [0, 0.05) is 45.0 Å². The molecule has 0 fully saturated rings. The topological polar surface area (TPSA) is 0 Å². The van der Waals surface area contributed by atoms with Gasteiger partial charge >= 0.3 is 0 Å². The molecule has 9 aromatic rings. The summed E-state index contributed by atoms with van der Waals surface area (Å²) in [5, 5.41) is 8.85. The Morgan fingerprint density at radius 2 is 0.829 bits per heavy atom. The average Bonchev–Trinajstić information content (AvgIpc) is 3.75. The molecule has 0 spiro atoms. The van der Waals surface area contributed by atoms with Gasteiger partial charge in [0.1, 0.15) is 0 Å². The van der Waals surface area contributed by atoms with Crippen LogP contribution in [0.4, 0.5) is 0 Å². The Hall–Kier alpha value is -4.28. The highest BCUT2D eigenvalue weighted by atomic mass is 32.1. The standard InChI is InChI=1S/C38H22S3/c1-3-16-34-30(9-1)32-14-6-12-28(37(32)40-34)25-20-24(27-11-5-8-23-18-19-39-36(23)27)21-26(22-25)29-13-7-15-33-31-10-2-4-17-35(31)41-38(29)33/h1-22H. The SMILES string of the molecule is c1cc(-c2cc(-c3cccc4c3sc3ccccc34)cc(-c3cccc4c3sc3ccccc34)c2)c2sccc2c1. The molecule has 0 bridgehead atoms. The monoisotopic (exact) mass is 574 g/mol. The molecule has 0 radical (unpaired) electrons. The van der Waals surface area contributed by atoms with Gasteiger partial charge in [0.05, 0.1) is 0 Å². The van der Waals surface area contributed by atoms with Crippen LogP contribution in [0.5, 0.6) is 0 Å². The molecule has 0 atom stereocenters. The second kappa shape index (κ2) is 9.12. The van der Waals surface area contributed by atoms with Crippen molar-refractivity contribution in [3.8, 4) is 33.4 Å². The maximum atomic E-state index is 2.41. The predicted octanol–water partition coefficient (Wildman–Crippen LogP) is 12.6. The highest BCUT2D eigenvalue weighted by Gasteiger charge is 2.16. The average molecular weight is 575 g/mol. The maximum Gasteiger partial charge on any atom is 0.0433 e. The van der Waals surface area contributed by atoms with Crippen molar-refractivity contribution in [1.82, 2.24) is 0 Å². The molecule has 3 aromatic heterocycles. The number of benzene rings is 6. The molecule has 0 N–H and O–H groups in total. The van der Waals surface area contributed by atoms with Gasteiger partial charge in [-0.1, -0.05) is 91.0 Å². The van der Waals surface area contributed by atoms with Gasteiger partial charge in [0.25, 0.3) is 0 Å². The van der Waals surface area contributed by atoms with E-state index in [0.717, 1.165) is 0 Å². The zero-order valence-corrected chi connectivity index (χ0v) is 24.4. The molecule has 41 heavy (non-hydrogen) atoms. The van der Waals surface area contributed by atoms with Gasteiger partial charge in [-0.05, 0) is 80.5 Å². The molecule has 0 aliphatic rings. The lowest BCUT2D eigenvalue weighted by Gasteiger charge is -2.13. The molecule has 192 valence electrons. The molecule has 3 heterocycles. The first kappa shape index (κ1) is 23.4. The number of fused-ring (bicyclic) bond motifs is 7. The minimum atomic E-state index is 1.27. The van der Waals surface area contributed by atoms with Gasteiger partial charge in [-0.2, -0.15) is 0 Å². The summed E-state index contributed by atoms with van der Waals surface area (Å²) in [6, 6.07) is 47.3. The lowest BCUT2D eigenvalue weighted by molar-refractivity contribution is 1.63. The first-order valence-electron chi connectivity index (χ1n) is 13.7. The Kier molecular flexibility index (Phi) is 5.21. The van der Waals surface area contributed by atoms with Crippen molar-refractivity contribution in [2.45, 2.75) is 0 Å². The van der Waals surface area contributed by atoms with Gasteiger partial charge < -0.3 is 0 Å². The lowest BCUT2D eigenvalue weighted by Crippen LogP contribution is -1.87. The van der Waals surface area contributed by atoms with E-state index in [1.165, 1.54) is 83.8 Å². The number of hydrogen-bond donors (Lipinski definition) is 0. The van der Waals surface area contributed by atoms with Crippen LogP contribution in [0.1, 0.15) is 0 Å². The number of thiophene rings is 3. The Balaban J connectivity index is 1.36. The largest absolute Gasteiger partial charge is 0.143 e. The summed E-state index contributed by atoms with van der Waals surface area (Å²) < 4.78 is 6.72. The van der Waals surface area contributed by atoms with Crippen LogP contribution < -0.4 is 0 Å². The van der Waals surface area contributed by atoms with E-state index in [-0.39, 0.29) is 0 Å². The minimum absolute atomic E-state index is 1.27. The Bertz CT molecular complexity index is 2300. The number of rotatable bonds is 3. The van der Waals surface area contributed by atoms with Crippen molar-refractivity contribution in [1.29, 1.82) is 0 Å². The second-order valence-electron chi connectivity index (χ2n) is 10.5. The smallest absolute Gasteiger partial charge is 0.0433 e. The van der Waals surface area contributed by atoms with Gasteiger partial charge in [-0.3, -0.25) is 0 Å². The fourth-order valence-corrected chi connectivity index (χ4v) is 9.68. The molecule has 3 heteroatoms. The third-order valence-electron chi connectivity index (χ3n) is 8.15. The van der Waals surface area contributed by atoms with E-state index in [1.54, 1.807) is 0 Å². The molecular formula is C38H22S3. The van der Waals surface area contributed by atoms with Crippen LogP contribution in [-0.4, -0.2) is 0 Å². The molecule has 0 saturated carbocycles. The van der Waals surface area contributed by atoms with Crippen molar-refractivity contribution >= 4 is 84.4 Å². The van der Waals surface area contributed by atoms with Crippen molar-refractivity contribution in [2.75, 3.05) is 0 Å². The van der Waals surface area contributed by atoms with Crippen LogP contribution in [0.2, 0.25) is 0 Å². The van der Waals surface area contributed by atoms with E-state index < -0.39 is 0 Å². The predicted molar refractivity (Wildman–Crippen MR) is 184 cm³/mol. The highest BCUT2D eigenvalue weighted by Crippen LogP contribution is 2.45. The summed E-state index contributed by atoms with van der Waals surface area (Å²) in [7, 11) is 0. The van der Waals surface area contributed by atoms with Crippen LogP contribution in [0.3, 0.4) is 0 Å². The first-order valence-corrected chi connectivity index (χ1v) is 16.3. The zero-order chi connectivity index (χ0) is 26.9. The van der Waals surface area contributed by atoms with Crippen molar-refractivity contribution in [3.05, 3.63) is 133 Å². The van der Waals surface area contributed by atoms with Crippen molar-refractivity contribution in [3.63, 3.8) is 0 Å². The molecule has 9 rings (SSSR count). The van der Waals surface area contributed by atoms with E-state index in [0.29, 0.717) is 0 Å². The quantitative estimate of drug-likeness (QED) is 0.197. The first-order chi connectivity index (χ1) is 20.3. The summed E-state index contributed by atoms with van der Waals surface area (Å²) in [5.74, 6) is 0. The van der Waals surface area contributed by atoms with E-state index in [2.05, 4.69) is 133 Å². The molecule has 0 aliphatic carbocycles. The summed E-state index contributed by atoms with van der Waals surface area (Å²) in [6.45, 7) is 0. The van der Waals surface area contributed by atoms with E-state index in [4.69, 9.17) is 0 Å². The summed E-state index contributed by atoms with van der Waals surface area (Å²) in [4.78, 5) is 0. The number of hydrogen-bond acceptors (Lipinski definition) is 3. The minimum Gasteiger partial charge on any atom is -0.143 e. The van der Waals surface area contributed by atoms with Crippen LogP contribution >= 0.6 is 34.0 Å². The van der Waals surface area contributed by atoms with Crippen LogP contribution in [0, 0.1) is 0 Å². The molecule has 0 aliphatic heterocycles. The summed E-state index contributed by atoms with van der Waals surface area (Å²) in [6.07, 6.45) is 0. The molecule has 0 unspecified atom stereocenters. The van der Waals surface area contributed by atoms with Gasteiger partial charge in [-0.25, -0.2) is 0 Å². The fourth-order valence-electron chi connectivity index (χ4n) is 6.26. The molecular weight excluding hydrogens is 553 g/mol. The van der Waals surface area contributed by atoms with Gasteiger partial charge in [-0.15, -0.1) is 34.0 Å². The van der Waals surface area contributed by atoms with Crippen molar-refractivity contribution in [2.24, 2.45) is 0 Å². The van der Waals surface area contributed by atoms with E-state index >= 15 is 0 Å². The molecule has 0 saturated heterocycles. The Morgan fingerprint density at radius 3 is 1.39 bits per heavy atom. The molecule has 0 nitrogen and oxygen atoms in total. The van der Waals surface area contributed by atoms with E-state index in [1.807, 2.05) is 34.0 Å². The van der Waals surface area contributed by atoms with Crippen LogP contribution in [0.25, 0.3) is 83.8 Å². The van der Waals surface area contributed by atoms with Gasteiger partial charge in [0.2, 0.25) is 0 Å². The van der Waals surface area contributed by atoms with Crippen molar-refractivity contribution < 1.29 is 0 Å². The van der Waals surface area contributed by atoms with Gasteiger partial charge in [0.15, 0.2) is 0 Å². The second-order valence-corrected chi connectivity index (χ2v) is 13.5. The molecule has 6 aromatic carbocycles. The lowest BCUT2D eigenvalue weighted by atomic mass is 9.92. The van der Waals surface area contributed by atoms with Crippen LogP contribution in [-0.2, 0) is 0 Å². The Morgan fingerprint density at radius 1 is 0.366 bits per heavy atom. The third-order valence-corrected chi connectivity index (χ3v) is 11.6. The Labute approximate surface area is 249 Å². The van der Waals surface area contributed by atoms with Crippen LogP contribution in [0.15, 0.2) is 133 Å². The van der Waals surface area contributed by atoms with E-state index in [9.17, 15) is 0 Å². The summed E-state index contributed by atoms with van der Waals surface area (Å²) >= 11 is 5.63.